The SMILES string of the molecule is CCN(CCN1C(=O)c2ccccc2C1=O)c1ccc(/N=N/c2snc3ccc([N+](=O)[O-])cc23)c(C)c1. The van der Waals surface area contributed by atoms with Crippen LogP contribution in [0.5, 0.6) is 0 Å². The number of amides is 2. The zero-order valence-corrected chi connectivity index (χ0v) is 20.9. The molecule has 1 aromatic heterocycles. The average Bonchev–Trinajstić information content (AvgIpc) is 3.42. The zero-order chi connectivity index (χ0) is 26.1. The molecule has 0 N–H and O–H groups in total. The molecule has 11 heteroatoms. The minimum atomic E-state index is -0.450. The van der Waals surface area contributed by atoms with Crippen molar-refractivity contribution in [2.75, 3.05) is 24.5 Å². The monoisotopic (exact) mass is 514 g/mol. The molecule has 5 rings (SSSR count). The second-order valence-corrected chi connectivity index (χ2v) is 9.26. The molecule has 0 bridgehead atoms. The minimum absolute atomic E-state index is 0.0226. The number of carbonyl (C=O) groups is 2. The molecule has 0 saturated carbocycles. The van der Waals surface area contributed by atoms with Gasteiger partial charge in [0.15, 0.2) is 5.00 Å². The average molecular weight is 515 g/mol. The van der Waals surface area contributed by atoms with Crippen molar-refractivity contribution in [2.24, 2.45) is 10.2 Å². The summed E-state index contributed by atoms with van der Waals surface area (Å²) in [6, 6.07) is 17.1. The number of azo groups is 1. The molecule has 2 amide bonds. The highest BCUT2D eigenvalue weighted by molar-refractivity contribution is 7.11. The van der Waals surface area contributed by atoms with Crippen molar-refractivity contribution in [3.8, 4) is 0 Å². The maximum Gasteiger partial charge on any atom is 0.270 e. The maximum absolute atomic E-state index is 12.7. The van der Waals surface area contributed by atoms with Gasteiger partial charge in [0.25, 0.3) is 17.5 Å². The number of rotatable bonds is 8. The predicted molar refractivity (Wildman–Crippen MR) is 141 cm³/mol. The van der Waals surface area contributed by atoms with Crippen LogP contribution in [0.25, 0.3) is 10.9 Å². The molecule has 2 heterocycles. The van der Waals surface area contributed by atoms with E-state index in [1.165, 1.54) is 17.0 Å². The molecular weight excluding hydrogens is 492 g/mol. The first-order valence-corrected chi connectivity index (χ1v) is 12.4. The van der Waals surface area contributed by atoms with Crippen molar-refractivity contribution >= 4 is 56.3 Å². The fraction of sp³-hybridized carbons (Fsp3) is 0.192. The van der Waals surface area contributed by atoms with Gasteiger partial charge in [-0.2, -0.15) is 4.37 Å². The molecule has 10 nitrogen and oxygen atoms in total. The third-order valence-corrected chi connectivity index (χ3v) is 7.06. The summed E-state index contributed by atoms with van der Waals surface area (Å²) in [4.78, 5) is 39.4. The van der Waals surface area contributed by atoms with Gasteiger partial charge in [-0.3, -0.25) is 24.6 Å². The van der Waals surface area contributed by atoms with Crippen molar-refractivity contribution in [3.05, 3.63) is 87.5 Å². The van der Waals surface area contributed by atoms with Gasteiger partial charge < -0.3 is 4.90 Å². The van der Waals surface area contributed by atoms with Crippen molar-refractivity contribution in [1.82, 2.24) is 9.27 Å². The minimum Gasteiger partial charge on any atom is -0.370 e. The first kappa shape index (κ1) is 24.2. The number of imide groups is 1. The number of likely N-dealkylation sites (N-methyl/N-ethyl adjacent to an activating group) is 1. The number of aromatic nitrogens is 1. The lowest BCUT2D eigenvalue weighted by molar-refractivity contribution is -0.384. The number of aryl methyl sites for hydroxylation is 1. The molecule has 4 aromatic rings. The lowest BCUT2D eigenvalue weighted by Gasteiger charge is -2.26. The highest BCUT2D eigenvalue weighted by Crippen LogP contribution is 2.35. The third-order valence-electron chi connectivity index (χ3n) is 6.30. The number of nitro benzene ring substituents is 1. The Hall–Kier alpha value is -4.51. The van der Waals surface area contributed by atoms with Crippen molar-refractivity contribution in [1.29, 1.82) is 0 Å². The lowest BCUT2D eigenvalue weighted by Crippen LogP contribution is -2.38. The first-order chi connectivity index (χ1) is 17.9. The Morgan fingerprint density at radius 2 is 1.76 bits per heavy atom. The fourth-order valence-electron chi connectivity index (χ4n) is 4.28. The molecule has 1 aliphatic heterocycles. The lowest BCUT2D eigenvalue weighted by atomic mass is 10.1. The van der Waals surface area contributed by atoms with Gasteiger partial charge in [-0.25, -0.2) is 0 Å². The number of nitro groups is 1. The molecule has 0 radical (unpaired) electrons. The van der Waals surface area contributed by atoms with Gasteiger partial charge in [-0.15, -0.1) is 10.2 Å². The smallest absolute Gasteiger partial charge is 0.270 e. The number of carbonyl (C=O) groups excluding carboxylic acids is 2. The van der Waals surface area contributed by atoms with E-state index in [1.807, 2.05) is 32.0 Å². The van der Waals surface area contributed by atoms with Gasteiger partial charge >= 0.3 is 0 Å². The van der Waals surface area contributed by atoms with Crippen molar-refractivity contribution in [2.45, 2.75) is 13.8 Å². The van der Waals surface area contributed by atoms with Gasteiger partial charge in [0.1, 0.15) is 0 Å². The standard InChI is InChI=1S/C26H22N6O4S/c1-3-30(12-13-31-25(33)19-6-4-5-7-20(19)26(31)34)17-8-10-22(16(2)14-17)27-28-24-21-15-18(32(35)36)9-11-23(21)29-37-24/h4-11,14-15H,3,12-13H2,1-2H3/b28-27+. The summed E-state index contributed by atoms with van der Waals surface area (Å²) < 4.78 is 4.29. The van der Waals surface area contributed by atoms with Crippen LogP contribution in [0.15, 0.2) is 70.9 Å². The second-order valence-electron chi connectivity index (χ2n) is 8.50. The van der Waals surface area contributed by atoms with Gasteiger partial charge in [0, 0.05) is 42.8 Å². The summed E-state index contributed by atoms with van der Waals surface area (Å²) in [5, 5.41) is 20.9. The summed E-state index contributed by atoms with van der Waals surface area (Å²) >= 11 is 1.13. The van der Waals surface area contributed by atoms with Gasteiger partial charge in [0.05, 0.1) is 27.3 Å². The molecular formula is C26H22N6O4S. The molecule has 0 fully saturated rings. The Balaban J connectivity index is 1.30. The molecule has 0 aliphatic carbocycles. The number of hydrogen-bond donors (Lipinski definition) is 0. The summed E-state index contributed by atoms with van der Waals surface area (Å²) in [5.74, 6) is -0.519. The maximum atomic E-state index is 12.7. The van der Waals surface area contributed by atoms with Crippen LogP contribution in [0.4, 0.5) is 22.1 Å². The van der Waals surface area contributed by atoms with Crippen LogP contribution in [0.2, 0.25) is 0 Å². The normalized spacial score (nSPS) is 13.1. The van der Waals surface area contributed by atoms with Crippen molar-refractivity contribution in [3.63, 3.8) is 0 Å². The van der Waals surface area contributed by atoms with E-state index in [1.54, 1.807) is 30.3 Å². The van der Waals surface area contributed by atoms with E-state index in [2.05, 4.69) is 19.5 Å². The Morgan fingerprint density at radius 1 is 1.03 bits per heavy atom. The number of benzene rings is 3. The molecule has 0 spiro atoms. The highest BCUT2D eigenvalue weighted by atomic mass is 32.1. The summed E-state index contributed by atoms with van der Waals surface area (Å²) in [7, 11) is 0. The van der Waals surface area contributed by atoms with E-state index in [0.29, 0.717) is 45.8 Å². The molecule has 186 valence electrons. The largest absolute Gasteiger partial charge is 0.370 e. The van der Waals surface area contributed by atoms with E-state index in [9.17, 15) is 19.7 Å². The zero-order valence-electron chi connectivity index (χ0n) is 20.1. The summed E-state index contributed by atoms with van der Waals surface area (Å²) in [6.45, 7) is 5.40. The second kappa shape index (κ2) is 9.86. The first-order valence-electron chi connectivity index (χ1n) is 11.6. The van der Waals surface area contributed by atoms with E-state index >= 15 is 0 Å². The Morgan fingerprint density at radius 3 is 2.41 bits per heavy atom. The Kier molecular flexibility index (Phi) is 6.45. The summed E-state index contributed by atoms with van der Waals surface area (Å²) in [5.41, 5.74) is 3.99. The number of nitrogens with zero attached hydrogens (tertiary/aromatic N) is 6. The Bertz CT molecular complexity index is 1550. The van der Waals surface area contributed by atoms with Crippen LogP contribution in [0, 0.1) is 17.0 Å². The van der Waals surface area contributed by atoms with Crippen LogP contribution in [0.1, 0.15) is 33.2 Å². The molecule has 3 aromatic carbocycles. The van der Waals surface area contributed by atoms with Gasteiger partial charge in [-0.05, 0) is 67.3 Å². The van der Waals surface area contributed by atoms with E-state index in [4.69, 9.17) is 0 Å². The van der Waals surface area contributed by atoms with E-state index in [0.717, 1.165) is 22.8 Å². The quantitative estimate of drug-likeness (QED) is 0.122. The van der Waals surface area contributed by atoms with Crippen LogP contribution < -0.4 is 4.90 Å². The highest BCUT2D eigenvalue weighted by Gasteiger charge is 2.34. The van der Waals surface area contributed by atoms with Crippen LogP contribution in [-0.4, -0.2) is 45.6 Å². The van der Waals surface area contributed by atoms with Crippen LogP contribution in [0.3, 0.4) is 0 Å². The molecule has 0 atom stereocenters. The number of non-ortho nitro benzene ring substituents is 1. The predicted octanol–water partition coefficient (Wildman–Crippen LogP) is 6.05. The molecule has 37 heavy (non-hydrogen) atoms. The van der Waals surface area contributed by atoms with Gasteiger partial charge in [-0.1, -0.05) is 12.1 Å². The molecule has 0 saturated heterocycles. The molecule has 1 aliphatic rings. The number of anilines is 1. The van der Waals surface area contributed by atoms with Crippen LogP contribution >= 0.6 is 11.5 Å². The topological polar surface area (TPSA) is 121 Å². The van der Waals surface area contributed by atoms with E-state index < -0.39 is 4.92 Å². The third kappa shape index (κ3) is 4.56. The summed E-state index contributed by atoms with van der Waals surface area (Å²) in [6.07, 6.45) is 0. The van der Waals surface area contributed by atoms with Gasteiger partial charge in [0.2, 0.25) is 0 Å². The number of hydrogen-bond acceptors (Lipinski definition) is 9. The van der Waals surface area contributed by atoms with E-state index in [-0.39, 0.29) is 24.0 Å². The van der Waals surface area contributed by atoms with Crippen molar-refractivity contribution < 1.29 is 14.5 Å². The Labute approximate surface area is 216 Å². The van der Waals surface area contributed by atoms with Crippen LogP contribution in [-0.2, 0) is 0 Å². The number of fused-ring (bicyclic) bond motifs is 2. The fourth-order valence-corrected chi connectivity index (χ4v) is 4.97. The molecule has 0 unspecified atom stereocenters.